The lowest BCUT2D eigenvalue weighted by atomic mass is 10.0. The Morgan fingerprint density at radius 3 is 1.48 bits per heavy atom. The van der Waals surface area contributed by atoms with Gasteiger partial charge in [-0.2, -0.15) is 4.89 Å². The molecule has 0 saturated heterocycles. The number of rotatable bonds is 20. The maximum absolute atomic E-state index is 10.6. The van der Waals surface area contributed by atoms with Gasteiger partial charge in [0.2, 0.25) is 0 Å². The third kappa shape index (κ3) is 18.8. The fourth-order valence-electron chi connectivity index (χ4n) is 3.77. The van der Waals surface area contributed by atoms with Crippen LogP contribution in [-0.2, 0) is 4.57 Å². The van der Waals surface area contributed by atoms with Gasteiger partial charge in [-0.25, -0.2) is 0 Å². The molecule has 1 atom stereocenters. The van der Waals surface area contributed by atoms with E-state index in [2.05, 4.69) is 42.5 Å². The van der Waals surface area contributed by atoms with Crippen LogP contribution in [-0.4, -0.2) is 11.1 Å². The van der Waals surface area contributed by atoms with E-state index in [0.29, 0.717) is 6.16 Å². The Hall–Kier alpha value is -0.980. The van der Waals surface area contributed by atoms with Crippen LogP contribution in [0, 0.1) is 0 Å². The second-order valence-corrected chi connectivity index (χ2v) is 9.49. The van der Waals surface area contributed by atoms with E-state index in [1.54, 1.807) is 0 Å². The fourth-order valence-corrected chi connectivity index (χ4v) is 4.26. The highest BCUT2D eigenvalue weighted by atomic mass is 31.1. The molecule has 0 heterocycles. The molecule has 1 N–H and O–H groups in total. The van der Waals surface area contributed by atoms with Gasteiger partial charge in [-0.05, 0) is 35.8 Å². The van der Waals surface area contributed by atoms with Gasteiger partial charge in [0, 0.05) is 0 Å². The summed E-state index contributed by atoms with van der Waals surface area (Å²) in [6.07, 6.45) is 27.5. The normalized spacial score (nSPS) is 12.0. The summed E-state index contributed by atoms with van der Waals surface area (Å²) in [6, 6.07) is 10.6. The molecule has 0 aliphatic heterocycles. The zero-order chi connectivity index (χ0) is 20.8. The van der Waals surface area contributed by atoms with Crippen LogP contribution in [0.25, 0.3) is 6.08 Å². The van der Waals surface area contributed by atoms with E-state index < -0.39 is 8.03 Å². The van der Waals surface area contributed by atoms with Crippen molar-refractivity contribution in [3.8, 4) is 0 Å². The molecule has 3 heteroatoms. The Balaban J connectivity index is 1.71. The Bertz CT molecular complexity index is 513. The molecule has 0 fully saturated rings. The Morgan fingerprint density at radius 2 is 1.03 bits per heavy atom. The van der Waals surface area contributed by atoms with Gasteiger partial charge < -0.3 is 0 Å². The molecule has 164 valence electrons. The van der Waals surface area contributed by atoms with E-state index in [1.807, 2.05) is 0 Å². The lowest BCUT2D eigenvalue weighted by Gasteiger charge is -2.03. The molecule has 0 bridgehead atoms. The van der Waals surface area contributed by atoms with Crippen molar-refractivity contribution < 1.29 is 9.46 Å². The summed E-state index contributed by atoms with van der Waals surface area (Å²) in [5.74, 6) is 0. The van der Waals surface area contributed by atoms with Crippen molar-refractivity contribution in [2.45, 2.75) is 109 Å². The topological polar surface area (TPSA) is 37.3 Å². The van der Waals surface area contributed by atoms with Crippen molar-refractivity contribution >= 4 is 14.1 Å². The Morgan fingerprint density at radius 1 is 0.621 bits per heavy atom. The summed E-state index contributed by atoms with van der Waals surface area (Å²) in [6.45, 7) is 0. The molecule has 0 aromatic heterocycles. The zero-order valence-electron chi connectivity index (χ0n) is 18.6. The van der Waals surface area contributed by atoms with E-state index in [1.165, 1.54) is 102 Å². The SMILES string of the molecule is O=[P+](O)CCCCCCCCCCCCCCCCCCC=Cc1ccccc1. The minimum atomic E-state index is -1.91. The number of benzene rings is 1. The highest BCUT2D eigenvalue weighted by Crippen LogP contribution is 2.17. The molecular formula is C26H44O2P+. The van der Waals surface area contributed by atoms with Crippen molar-refractivity contribution in [3.05, 3.63) is 42.0 Å². The quantitative estimate of drug-likeness (QED) is 0.169. The van der Waals surface area contributed by atoms with Gasteiger partial charge in [0.15, 0.2) is 6.16 Å². The van der Waals surface area contributed by atoms with Crippen LogP contribution in [0.15, 0.2) is 36.4 Å². The second-order valence-electron chi connectivity index (χ2n) is 8.33. The van der Waals surface area contributed by atoms with E-state index in [0.717, 1.165) is 12.8 Å². The molecule has 0 amide bonds. The highest BCUT2D eigenvalue weighted by molar-refractivity contribution is 7.37. The number of hydrogen-bond donors (Lipinski definition) is 1. The first-order chi connectivity index (χ1) is 14.3. The Labute approximate surface area is 181 Å². The predicted molar refractivity (Wildman–Crippen MR) is 129 cm³/mol. The van der Waals surface area contributed by atoms with Crippen LogP contribution in [0.4, 0.5) is 0 Å². The van der Waals surface area contributed by atoms with Crippen LogP contribution in [0.3, 0.4) is 0 Å². The van der Waals surface area contributed by atoms with Gasteiger partial charge in [-0.15, -0.1) is 0 Å². The first-order valence-electron chi connectivity index (χ1n) is 12.1. The number of allylic oxidation sites excluding steroid dienone is 1. The van der Waals surface area contributed by atoms with Crippen molar-refractivity contribution in [2.75, 3.05) is 6.16 Å². The van der Waals surface area contributed by atoms with Gasteiger partial charge in [0.05, 0.1) is 0 Å². The first-order valence-corrected chi connectivity index (χ1v) is 13.5. The fraction of sp³-hybridized carbons (Fsp3) is 0.692. The number of unbranched alkanes of at least 4 members (excludes halogenated alkanes) is 16. The van der Waals surface area contributed by atoms with E-state index in [4.69, 9.17) is 4.89 Å². The van der Waals surface area contributed by atoms with Crippen LogP contribution >= 0.6 is 8.03 Å². The van der Waals surface area contributed by atoms with Gasteiger partial charge in [-0.3, -0.25) is 0 Å². The first kappa shape index (κ1) is 26.1. The van der Waals surface area contributed by atoms with Gasteiger partial charge in [-0.1, -0.05) is 126 Å². The van der Waals surface area contributed by atoms with Crippen molar-refractivity contribution in [1.29, 1.82) is 0 Å². The van der Waals surface area contributed by atoms with Crippen LogP contribution in [0.5, 0.6) is 0 Å². The smallest absolute Gasteiger partial charge is 0.161 e. The van der Waals surface area contributed by atoms with Gasteiger partial charge in [0.1, 0.15) is 0 Å². The molecule has 1 aromatic rings. The molecule has 1 rings (SSSR count). The largest absolute Gasteiger partial charge is 0.505 e. The summed E-state index contributed by atoms with van der Waals surface area (Å²) in [4.78, 5) is 8.74. The molecule has 0 radical (unpaired) electrons. The average Bonchev–Trinajstić information content (AvgIpc) is 2.73. The van der Waals surface area contributed by atoms with Crippen LogP contribution in [0.1, 0.15) is 115 Å². The number of hydrogen-bond acceptors (Lipinski definition) is 1. The molecule has 0 spiro atoms. The maximum atomic E-state index is 10.6. The molecule has 2 nitrogen and oxygen atoms in total. The zero-order valence-corrected chi connectivity index (χ0v) is 19.5. The molecule has 0 aliphatic carbocycles. The lowest BCUT2D eigenvalue weighted by molar-refractivity contribution is 0.497. The highest BCUT2D eigenvalue weighted by Gasteiger charge is 2.07. The summed E-state index contributed by atoms with van der Waals surface area (Å²) >= 11 is 0. The summed E-state index contributed by atoms with van der Waals surface area (Å²) in [5, 5.41) is 0. The second kappa shape index (κ2) is 20.3. The molecule has 0 aliphatic rings. The van der Waals surface area contributed by atoms with Crippen molar-refractivity contribution in [1.82, 2.24) is 0 Å². The Kier molecular flexibility index (Phi) is 18.2. The third-order valence-electron chi connectivity index (χ3n) is 5.58. The van der Waals surface area contributed by atoms with Gasteiger partial charge in [0.25, 0.3) is 0 Å². The summed E-state index contributed by atoms with van der Waals surface area (Å²) in [5.41, 5.74) is 1.31. The molecule has 29 heavy (non-hydrogen) atoms. The molecular weight excluding hydrogens is 375 g/mol. The lowest BCUT2D eigenvalue weighted by Crippen LogP contribution is -1.84. The van der Waals surface area contributed by atoms with E-state index in [-0.39, 0.29) is 0 Å². The van der Waals surface area contributed by atoms with Crippen molar-refractivity contribution in [2.24, 2.45) is 0 Å². The molecule has 0 saturated carbocycles. The monoisotopic (exact) mass is 419 g/mol. The summed E-state index contributed by atoms with van der Waals surface area (Å²) < 4.78 is 10.6. The van der Waals surface area contributed by atoms with Crippen LogP contribution < -0.4 is 0 Å². The van der Waals surface area contributed by atoms with Crippen LogP contribution in [0.2, 0.25) is 0 Å². The minimum absolute atomic E-state index is 0.488. The predicted octanol–water partition coefficient (Wildman–Crippen LogP) is 9.07. The maximum Gasteiger partial charge on any atom is 0.505 e. The third-order valence-corrected chi connectivity index (χ3v) is 6.28. The molecule has 1 unspecified atom stereocenters. The molecule has 1 aromatic carbocycles. The van der Waals surface area contributed by atoms with Gasteiger partial charge >= 0.3 is 8.03 Å². The average molecular weight is 420 g/mol. The van der Waals surface area contributed by atoms with E-state index in [9.17, 15) is 4.57 Å². The van der Waals surface area contributed by atoms with E-state index >= 15 is 0 Å². The minimum Gasteiger partial charge on any atom is -0.161 e. The summed E-state index contributed by atoms with van der Waals surface area (Å²) in [7, 11) is -1.91. The standard InChI is InChI=1S/C26H43O2P/c27-29(28)25-21-16-14-12-10-8-6-4-2-1-3-5-7-9-11-13-15-18-22-26-23-19-17-20-24-26/h17-20,22-24H,1-16,21,25H2/p+1. The van der Waals surface area contributed by atoms with Crippen molar-refractivity contribution in [3.63, 3.8) is 0 Å².